The van der Waals surface area contributed by atoms with Crippen molar-refractivity contribution in [2.75, 3.05) is 6.61 Å². The van der Waals surface area contributed by atoms with Crippen molar-refractivity contribution in [3.63, 3.8) is 0 Å². The predicted octanol–water partition coefficient (Wildman–Crippen LogP) is -0.0329. The summed E-state index contributed by atoms with van der Waals surface area (Å²) in [5, 5.41) is 13.8. The summed E-state index contributed by atoms with van der Waals surface area (Å²) < 4.78 is 27.7. The number of carboxylic acids is 1. The number of sulfonamides is 1. The normalized spacial score (nSPS) is 14.3. The third kappa shape index (κ3) is 1.74. The van der Waals surface area contributed by atoms with E-state index in [0.717, 1.165) is 6.07 Å². The van der Waals surface area contributed by atoms with E-state index in [4.69, 9.17) is 15.0 Å². The van der Waals surface area contributed by atoms with E-state index in [1.807, 2.05) is 0 Å². The van der Waals surface area contributed by atoms with Gasteiger partial charge in [-0.05, 0) is 17.7 Å². The Morgan fingerprint density at radius 2 is 2.12 bits per heavy atom. The van der Waals surface area contributed by atoms with Crippen molar-refractivity contribution in [1.29, 1.82) is 0 Å². The first-order valence-corrected chi connectivity index (χ1v) is 6.00. The van der Waals surface area contributed by atoms with Gasteiger partial charge < -0.3 is 9.84 Å². The van der Waals surface area contributed by atoms with Gasteiger partial charge in [0.15, 0.2) is 0 Å². The van der Waals surface area contributed by atoms with Gasteiger partial charge in [0.2, 0.25) is 10.0 Å². The number of hydrogen-bond donors (Lipinski definition) is 2. The highest BCUT2D eigenvalue weighted by atomic mass is 32.2. The highest BCUT2D eigenvalue weighted by molar-refractivity contribution is 7.89. The zero-order chi connectivity index (χ0) is 11.9. The van der Waals surface area contributed by atoms with Crippen LogP contribution in [0.2, 0.25) is 0 Å². The second kappa shape index (κ2) is 3.46. The second-order valence-corrected chi connectivity index (χ2v) is 4.94. The lowest BCUT2D eigenvalue weighted by Gasteiger charge is -2.07. The molecule has 0 aliphatic carbocycles. The van der Waals surface area contributed by atoms with Crippen LogP contribution in [0.1, 0.15) is 15.9 Å². The van der Waals surface area contributed by atoms with Crippen LogP contribution in [-0.2, 0) is 16.4 Å². The lowest BCUT2D eigenvalue weighted by molar-refractivity contribution is 0.0696. The molecule has 7 heteroatoms. The van der Waals surface area contributed by atoms with Crippen molar-refractivity contribution in [2.24, 2.45) is 5.14 Å². The Hall–Kier alpha value is -1.60. The maximum atomic E-state index is 11.3. The number of aromatic carboxylic acids is 1. The van der Waals surface area contributed by atoms with Crippen molar-refractivity contribution < 1.29 is 23.1 Å². The van der Waals surface area contributed by atoms with E-state index in [9.17, 15) is 13.2 Å². The maximum absolute atomic E-state index is 11.3. The Balaban J connectivity index is 2.73. The highest BCUT2D eigenvalue weighted by Crippen LogP contribution is 2.33. The zero-order valence-electron chi connectivity index (χ0n) is 8.13. The Morgan fingerprint density at radius 1 is 1.44 bits per heavy atom. The molecule has 1 aromatic carbocycles. The quantitative estimate of drug-likeness (QED) is 0.758. The van der Waals surface area contributed by atoms with E-state index >= 15 is 0 Å². The van der Waals surface area contributed by atoms with Crippen LogP contribution in [0.4, 0.5) is 0 Å². The van der Waals surface area contributed by atoms with Crippen LogP contribution in [-0.4, -0.2) is 26.1 Å². The second-order valence-electron chi connectivity index (χ2n) is 3.41. The number of fused-ring (bicyclic) bond motifs is 1. The van der Waals surface area contributed by atoms with Crippen LogP contribution in [0.5, 0.6) is 5.75 Å². The molecule has 3 N–H and O–H groups in total. The minimum absolute atomic E-state index is 0.103. The minimum Gasteiger partial charge on any atom is -0.492 e. The van der Waals surface area contributed by atoms with Crippen LogP contribution < -0.4 is 9.88 Å². The number of rotatable bonds is 2. The molecule has 0 atom stereocenters. The van der Waals surface area contributed by atoms with Crippen molar-refractivity contribution in [3.8, 4) is 5.75 Å². The molecule has 1 heterocycles. The SMILES string of the molecule is NS(=O)(=O)c1cc(C(=O)O)cc2c1OCC2. The molecule has 0 spiro atoms. The number of ether oxygens (including phenoxy) is 1. The van der Waals surface area contributed by atoms with Crippen molar-refractivity contribution in [2.45, 2.75) is 11.3 Å². The van der Waals surface area contributed by atoms with Gasteiger partial charge in [-0.1, -0.05) is 0 Å². The largest absolute Gasteiger partial charge is 0.492 e. The van der Waals surface area contributed by atoms with Gasteiger partial charge in [-0.15, -0.1) is 0 Å². The molecule has 2 rings (SSSR count). The highest BCUT2D eigenvalue weighted by Gasteiger charge is 2.25. The first-order chi connectivity index (χ1) is 7.39. The fourth-order valence-corrected chi connectivity index (χ4v) is 2.35. The van der Waals surface area contributed by atoms with Crippen molar-refractivity contribution in [3.05, 3.63) is 23.3 Å². The molecular formula is C9H9NO5S. The monoisotopic (exact) mass is 243 g/mol. The van der Waals surface area contributed by atoms with Crippen LogP contribution in [0, 0.1) is 0 Å². The molecular weight excluding hydrogens is 234 g/mol. The van der Waals surface area contributed by atoms with E-state index in [1.165, 1.54) is 6.07 Å². The van der Waals surface area contributed by atoms with Gasteiger partial charge in [0, 0.05) is 6.42 Å². The molecule has 0 bridgehead atoms. The van der Waals surface area contributed by atoms with E-state index < -0.39 is 16.0 Å². The summed E-state index contributed by atoms with van der Waals surface area (Å²) in [6.07, 6.45) is 0.485. The summed E-state index contributed by atoms with van der Waals surface area (Å²) in [5.74, 6) is -1.02. The summed E-state index contributed by atoms with van der Waals surface area (Å²) in [7, 11) is -3.97. The molecule has 0 radical (unpaired) electrons. The van der Waals surface area contributed by atoms with Gasteiger partial charge in [0.1, 0.15) is 10.6 Å². The molecule has 0 amide bonds. The maximum Gasteiger partial charge on any atom is 0.335 e. The van der Waals surface area contributed by atoms with E-state index in [-0.39, 0.29) is 16.2 Å². The molecule has 16 heavy (non-hydrogen) atoms. The summed E-state index contributed by atoms with van der Waals surface area (Å²) in [4.78, 5) is 10.5. The average Bonchev–Trinajstić information content (AvgIpc) is 2.61. The lowest BCUT2D eigenvalue weighted by Crippen LogP contribution is -2.14. The molecule has 0 fully saturated rings. The first kappa shape index (κ1) is 10.9. The Bertz CT molecular complexity index is 564. The van der Waals surface area contributed by atoms with Gasteiger partial charge >= 0.3 is 5.97 Å². The molecule has 0 aromatic heterocycles. The topological polar surface area (TPSA) is 107 Å². The van der Waals surface area contributed by atoms with Crippen LogP contribution >= 0.6 is 0 Å². The standard InChI is InChI=1S/C9H9NO5S/c10-16(13,14)7-4-6(9(11)12)3-5-1-2-15-8(5)7/h3-4H,1-2H2,(H,11,12)(H2,10,13,14). The Labute approximate surface area is 91.7 Å². The molecule has 0 saturated heterocycles. The van der Waals surface area contributed by atoms with E-state index in [1.54, 1.807) is 0 Å². The summed E-state index contributed by atoms with van der Waals surface area (Å²) in [5.41, 5.74) is 0.456. The average molecular weight is 243 g/mol. The van der Waals surface area contributed by atoms with Gasteiger partial charge in [-0.3, -0.25) is 0 Å². The van der Waals surface area contributed by atoms with Gasteiger partial charge in [-0.25, -0.2) is 18.4 Å². The fraction of sp³-hybridized carbons (Fsp3) is 0.222. The third-order valence-corrected chi connectivity index (χ3v) is 3.22. The molecule has 6 nitrogen and oxygen atoms in total. The van der Waals surface area contributed by atoms with Crippen LogP contribution in [0.25, 0.3) is 0 Å². The minimum atomic E-state index is -3.97. The van der Waals surface area contributed by atoms with Crippen molar-refractivity contribution in [1.82, 2.24) is 0 Å². The predicted molar refractivity (Wildman–Crippen MR) is 54.0 cm³/mol. The molecule has 0 saturated carbocycles. The lowest BCUT2D eigenvalue weighted by atomic mass is 10.1. The fourth-order valence-electron chi connectivity index (χ4n) is 1.61. The number of carboxylic acid groups (broad SMARTS) is 1. The number of hydrogen-bond acceptors (Lipinski definition) is 4. The number of primary sulfonamides is 1. The van der Waals surface area contributed by atoms with Crippen LogP contribution in [0.3, 0.4) is 0 Å². The summed E-state index contributed by atoms with van der Waals surface area (Å²) in [6, 6.07) is 2.42. The van der Waals surface area contributed by atoms with E-state index in [0.29, 0.717) is 18.6 Å². The first-order valence-electron chi connectivity index (χ1n) is 4.45. The van der Waals surface area contributed by atoms with Crippen LogP contribution in [0.15, 0.2) is 17.0 Å². The molecule has 0 unspecified atom stereocenters. The van der Waals surface area contributed by atoms with Gasteiger partial charge in [-0.2, -0.15) is 0 Å². The zero-order valence-corrected chi connectivity index (χ0v) is 8.95. The third-order valence-electron chi connectivity index (χ3n) is 2.30. The molecule has 1 aliphatic rings. The molecule has 1 aliphatic heterocycles. The van der Waals surface area contributed by atoms with Gasteiger partial charge in [0.25, 0.3) is 0 Å². The van der Waals surface area contributed by atoms with Crippen molar-refractivity contribution >= 4 is 16.0 Å². The van der Waals surface area contributed by atoms with E-state index in [2.05, 4.69) is 0 Å². The molecule has 86 valence electrons. The number of carbonyl (C=O) groups is 1. The summed E-state index contributed by atoms with van der Waals surface area (Å²) >= 11 is 0. The van der Waals surface area contributed by atoms with Gasteiger partial charge in [0.05, 0.1) is 12.2 Å². The number of benzene rings is 1. The summed E-state index contributed by atoms with van der Waals surface area (Å²) in [6.45, 7) is 0.334. The number of nitrogens with two attached hydrogens (primary N) is 1. The Kier molecular flexibility index (Phi) is 2.36. The smallest absolute Gasteiger partial charge is 0.335 e. The molecule has 1 aromatic rings. The Morgan fingerprint density at radius 3 is 2.69 bits per heavy atom.